The third-order valence-corrected chi connectivity index (χ3v) is 9.15. The number of benzene rings is 1. The maximum Gasteiger partial charge on any atom is 0.246 e. The molecule has 1 aliphatic carbocycles. The molecule has 33 heavy (non-hydrogen) atoms. The molecule has 1 amide bonds. The number of nitriles is 1. The van der Waals surface area contributed by atoms with E-state index in [-0.39, 0.29) is 25.4 Å². The molecular weight excluding hydrogens is 470 g/mol. The highest BCUT2D eigenvalue weighted by molar-refractivity contribution is 7.89. The standard InChI is InChI=1S/C22H24F2N4O3S2/c23-15-5-6-18(24)20(13-15)33(30,31)28-11-9-27(10-12-28)8-7-21(29)26-22-17(14-25)16-3-1-2-4-19(16)32-22/h5-6,13H,1-4,7-12H2,(H,26,29). The summed E-state index contributed by atoms with van der Waals surface area (Å²) in [5.41, 5.74) is 1.64. The second kappa shape index (κ2) is 9.85. The molecule has 1 fully saturated rings. The van der Waals surface area contributed by atoms with Crippen LogP contribution in [-0.4, -0.2) is 56.3 Å². The van der Waals surface area contributed by atoms with Gasteiger partial charge in [-0.05, 0) is 49.4 Å². The Bertz CT molecular complexity index is 1200. The zero-order valence-corrected chi connectivity index (χ0v) is 19.6. The summed E-state index contributed by atoms with van der Waals surface area (Å²) in [6.07, 6.45) is 4.17. The van der Waals surface area contributed by atoms with Gasteiger partial charge in [-0.1, -0.05) is 0 Å². The third kappa shape index (κ3) is 5.09. The molecule has 1 aliphatic heterocycles. The average Bonchev–Trinajstić information content (AvgIpc) is 3.16. The molecule has 4 rings (SSSR count). The van der Waals surface area contributed by atoms with Gasteiger partial charge in [-0.2, -0.15) is 9.57 Å². The zero-order chi connectivity index (χ0) is 23.6. The molecule has 0 saturated carbocycles. The molecule has 1 aromatic carbocycles. The van der Waals surface area contributed by atoms with Crippen molar-refractivity contribution >= 4 is 32.3 Å². The van der Waals surface area contributed by atoms with E-state index in [4.69, 9.17) is 0 Å². The molecule has 2 heterocycles. The van der Waals surface area contributed by atoms with Crippen LogP contribution in [0.4, 0.5) is 13.8 Å². The van der Waals surface area contributed by atoms with Gasteiger partial charge in [0.15, 0.2) is 0 Å². The Labute approximate surface area is 195 Å². The number of halogens is 2. The van der Waals surface area contributed by atoms with Crippen molar-refractivity contribution in [2.24, 2.45) is 0 Å². The highest BCUT2D eigenvalue weighted by Gasteiger charge is 2.31. The normalized spacial score (nSPS) is 17.4. The number of nitrogens with zero attached hydrogens (tertiary/aromatic N) is 3. The van der Waals surface area contributed by atoms with Gasteiger partial charge in [-0.15, -0.1) is 11.3 Å². The number of rotatable bonds is 6. The molecule has 0 radical (unpaired) electrons. The number of nitrogens with one attached hydrogen (secondary N) is 1. The molecule has 7 nitrogen and oxygen atoms in total. The van der Waals surface area contributed by atoms with Crippen molar-refractivity contribution in [1.29, 1.82) is 5.26 Å². The minimum Gasteiger partial charge on any atom is -0.317 e. The van der Waals surface area contributed by atoms with Crippen LogP contribution in [0.15, 0.2) is 23.1 Å². The second-order valence-corrected chi connectivity index (χ2v) is 11.2. The molecule has 2 aromatic rings. The van der Waals surface area contributed by atoms with Crippen molar-refractivity contribution in [3.63, 3.8) is 0 Å². The summed E-state index contributed by atoms with van der Waals surface area (Å²) >= 11 is 1.48. The van der Waals surface area contributed by atoms with E-state index in [1.165, 1.54) is 16.2 Å². The number of amides is 1. The summed E-state index contributed by atoms with van der Waals surface area (Å²) in [4.78, 5) is 15.0. The van der Waals surface area contributed by atoms with Crippen LogP contribution >= 0.6 is 11.3 Å². The van der Waals surface area contributed by atoms with Gasteiger partial charge in [0.2, 0.25) is 15.9 Å². The van der Waals surface area contributed by atoms with E-state index in [2.05, 4.69) is 11.4 Å². The number of carbonyl (C=O) groups excluding carboxylic acids is 1. The van der Waals surface area contributed by atoms with Crippen LogP contribution in [0.3, 0.4) is 0 Å². The Morgan fingerprint density at radius 3 is 2.61 bits per heavy atom. The van der Waals surface area contributed by atoms with Crippen molar-refractivity contribution < 1.29 is 22.0 Å². The number of hydrogen-bond acceptors (Lipinski definition) is 6. The maximum absolute atomic E-state index is 14.0. The fraction of sp³-hybridized carbons (Fsp3) is 0.455. The van der Waals surface area contributed by atoms with Crippen molar-refractivity contribution in [1.82, 2.24) is 9.21 Å². The first-order valence-electron chi connectivity index (χ1n) is 10.8. The number of fused-ring (bicyclic) bond motifs is 1. The lowest BCUT2D eigenvalue weighted by Crippen LogP contribution is -2.49. The summed E-state index contributed by atoms with van der Waals surface area (Å²) in [5.74, 6) is -1.99. The van der Waals surface area contributed by atoms with E-state index in [1.807, 2.05) is 4.90 Å². The van der Waals surface area contributed by atoms with Crippen LogP contribution in [0.2, 0.25) is 0 Å². The van der Waals surface area contributed by atoms with Crippen LogP contribution in [0, 0.1) is 23.0 Å². The summed E-state index contributed by atoms with van der Waals surface area (Å²) in [6, 6.07) is 4.60. The lowest BCUT2D eigenvalue weighted by molar-refractivity contribution is -0.116. The van der Waals surface area contributed by atoms with Gasteiger partial charge in [-0.3, -0.25) is 4.79 Å². The molecule has 11 heteroatoms. The lowest BCUT2D eigenvalue weighted by Gasteiger charge is -2.33. The minimum absolute atomic E-state index is 0.121. The average molecular weight is 495 g/mol. The number of sulfonamides is 1. The fourth-order valence-electron chi connectivity index (χ4n) is 4.23. The number of anilines is 1. The largest absolute Gasteiger partial charge is 0.317 e. The third-order valence-electron chi connectivity index (χ3n) is 6.03. The Kier molecular flexibility index (Phi) is 7.09. The minimum atomic E-state index is -4.14. The van der Waals surface area contributed by atoms with E-state index in [0.29, 0.717) is 36.3 Å². The molecule has 0 bridgehead atoms. The SMILES string of the molecule is N#Cc1c(NC(=O)CCN2CCN(S(=O)(=O)c3cc(F)ccc3F)CC2)sc2c1CCCC2. The molecular formula is C22H24F2N4O3S2. The smallest absolute Gasteiger partial charge is 0.246 e. The lowest BCUT2D eigenvalue weighted by atomic mass is 9.96. The van der Waals surface area contributed by atoms with Gasteiger partial charge in [0.25, 0.3) is 0 Å². The van der Waals surface area contributed by atoms with E-state index in [9.17, 15) is 27.3 Å². The van der Waals surface area contributed by atoms with Gasteiger partial charge < -0.3 is 10.2 Å². The summed E-state index contributed by atoms with van der Waals surface area (Å²) in [6.45, 7) is 1.42. The highest BCUT2D eigenvalue weighted by atomic mass is 32.2. The number of carbonyl (C=O) groups is 1. The Morgan fingerprint density at radius 1 is 1.15 bits per heavy atom. The molecule has 0 spiro atoms. The van der Waals surface area contributed by atoms with Crippen molar-refractivity contribution in [3.8, 4) is 6.07 Å². The van der Waals surface area contributed by atoms with Crippen LogP contribution in [0.1, 0.15) is 35.3 Å². The van der Waals surface area contributed by atoms with Crippen molar-refractivity contribution in [2.45, 2.75) is 37.0 Å². The van der Waals surface area contributed by atoms with Gasteiger partial charge in [0, 0.05) is 44.0 Å². The van der Waals surface area contributed by atoms with Crippen LogP contribution in [-0.2, 0) is 27.7 Å². The summed E-state index contributed by atoms with van der Waals surface area (Å²) in [7, 11) is -4.14. The second-order valence-electron chi connectivity index (χ2n) is 8.15. The van der Waals surface area contributed by atoms with E-state index in [0.717, 1.165) is 47.7 Å². The van der Waals surface area contributed by atoms with Crippen molar-refractivity contribution in [2.75, 3.05) is 38.0 Å². The first-order valence-corrected chi connectivity index (χ1v) is 13.1. The highest BCUT2D eigenvalue weighted by Crippen LogP contribution is 2.37. The van der Waals surface area contributed by atoms with Crippen LogP contribution in [0.5, 0.6) is 0 Å². The molecule has 0 unspecified atom stereocenters. The monoisotopic (exact) mass is 494 g/mol. The van der Waals surface area contributed by atoms with E-state index in [1.54, 1.807) is 0 Å². The maximum atomic E-state index is 14.0. The Hall–Kier alpha value is -2.39. The number of piperazine rings is 1. The molecule has 1 saturated heterocycles. The fourth-order valence-corrected chi connectivity index (χ4v) is 6.98. The molecule has 1 N–H and O–H groups in total. The Morgan fingerprint density at radius 2 is 1.88 bits per heavy atom. The van der Waals surface area contributed by atoms with Crippen molar-refractivity contribution in [3.05, 3.63) is 45.8 Å². The predicted octanol–water partition coefficient (Wildman–Crippen LogP) is 3.11. The van der Waals surface area contributed by atoms with E-state index >= 15 is 0 Å². The summed E-state index contributed by atoms with van der Waals surface area (Å²) < 4.78 is 53.9. The summed E-state index contributed by atoms with van der Waals surface area (Å²) in [5, 5.41) is 13.0. The molecule has 176 valence electrons. The predicted molar refractivity (Wildman–Crippen MR) is 120 cm³/mol. The van der Waals surface area contributed by atoms with Gasteiger partial charge in [0.05, 0.1) is 5.56 Å². The molecule has 1 aromatic heterocycles. The van der Waals surface area contributed by atoms with Crippen LogP contribution in [0.25, 0.3) is 0 Å². The molecule has 2 aliphatic rings. The first kappa shape index (κ1) is 23.8. The topological polar surface area (TPSA) is 93.5 Å². The van der Waals surface area contributed by atoms with Gasteiger partial charge in [-0.25, -0.2) is 17.2 Å². The quantitative estimate of drug-likeness (QED) is 0.666. The zero-order valence-electron chi connectivity index (χ0n) is 17.9. The van der Waals surface area contributed by atoms with E-state index < -0.39 is 26.6 Å². The van der Waals surface area contributed by atoms with Crippen LogP contribution < -0.4 is 5.32 Å². The number of hydrogen-bond donors (Lipinski definition) is 1. The van der Waals surface area contributed by atoms with Gasteiger partial charge in [0.1, 0.15) is 27.6 Å². The molecule has 0 atom stereocenters. The first-order chi connectivity index (χ1) is 15.8. The number of aryl methyl sites for hydroxylation is 1. The van der Waals surface area contributed by atoms with Gasteiger partial charge >= 0.3 is 0 Å². The number of thiophene rings is 1. The Balaban J connectivity index is 1.30.